The second kappa shape index (κ2) is 7.30. The van der Waals surface area contributed by atoms with Crippen molar-refractivity contribution in [2.75, 3.05) is 13.1 Å². The first kappa shape index (κ1) is 18.4. The maximum absolute atomic E-state index is 13.4. The summed E-state index contributed by atoms with van der Waals surface area (Å²) in [4.78, 5) is 25.3. The number of carbonyl (C=O) groups excluding carboxylic acids is 1. The molecule has 0 unspecified atom stereocenters. The summed E-state index contributed by atoms with van der Waals surface area (Å²) in [7, 11) is 0. The van der Waals surface area contributed by atoms with Crippen LogP contribution in [0, 0.1) is 5.82 Å². The summed E-state index contributed by atoms with van der Waals surface area (Å²) in [6.45, 7) is 6.18. The van der Waals surface area contributed by atoms with E-state index in [1.807, 2.05) is 11.8 Å². The summed E-state index contributed by atoms with van der Waals surface area (Å²) in [6.07, 6.45) is 1.48. The van der Waals surface area contributed by atoms with Crippen molar-refractivity contribution in [3.05, 3.63) is 35.6 Å². The van der Waals surface area contributed by atoms with Gasteiger partial charge in [0.05, 0.1) is 12.0 Å². The lowest BCUT2D eigenvalue weighted by molar-refractivity contribution is -0.140. The number of amides is 1. The van der Waals surface area contributed by atoms with Crippen molar-refractivity contribution in [2.24, 2.45) is 0 Å². The first-order valence-electron chi connectivity index (χ1n) is 8.27. The summed E-state index contributed by atoms with van der Waals surface area (Å²) >= 11 is 0. The molecule has 1 aromatic carbocycles. The van der Waals surface area contributed by atoms with E-state index in [4.69, 9.17) is 5.11 Å². The van der Waals surface area contributed by atoms with Crippen molar-refractivity contribution < 1.29 is 19.1 Å². The van der Waals surface area contributed by atoms with Gasteiger partial charge in [0.25, 0.3) is 0 Å². The second-order valence-electron chi connectivity index (χ2n) is 6.89. The number of nitrogens with zero attached hydrogens (tertiary/aromatic N) is 1. The molecular weight excluding hydrogens is 311 g/mol. The molecule has 2 rings (SSSR count). The summed E-state index contributed by atoms with van der Waals surface area (Å²) in [5, 5.41) is 11.9. The van der Waals surface area contributed by atoms with Crippen molar-refractivity contribution in [2.45, 2.75) is 51.1 Å². The normalized spacial score (nSPS) is 20.5. The van der Waals surface area contributed by atoms with Crippen LogP contribution in [0.2, 0.25) is 0 Å². The molecule has 5 nitrogen and oxygen atoms in total. The van der Waals surface area contributed by atoms with E-state index in [0.29, 0.717) is 12.1 Å². The maximum atomic E-state index is 13.4. The van der Waals surface area contributed by atoms with Crippen molar-refractivity contribution >= 4 is 11.9 Å². The first-order chi connectivity index (χ1) is 11.2. The molecule has 1 saturated carbocycles. The molecule has 1 aliphatic rings. The molecule has 1 aromatic rings. The number of carboxylic acids is 1. The van der Waals surface area contributed by atoms with Crippen LogP contribution in [0.3, 0.4) is 0 Å². The fraction of sp³-hybridized carbons (Fsp3) is 0.556. The standard InChI is InChI=1S/C18H25FN2O3/c1-4-21(11-16(22)23)15-9-14(10-15)20-17(24)18(2,3)12-6-5-7-13(19)8-12/h5-8,14-15H,4,9-11H2,1-3H3,(H,20,24)(H,22,23). The van der Waals surface area contributed by atoms with Gasteiger partial charge in [-0.1, -0.05) is 19.1 Å². The third kappa shape index (κ3) is 4.12. The van der Waals surface area contributed by atoms with Gasteiger partial charge in [-0.05, 0) is 50.9 Å². The van der Waals surface area contributed by atoms with Crippen LogP contribution in [0.25, 0.3) is 0 Å². The Kier molecular flexibility index (Phi) is 5.59. The zero-order valence-electron chi connectivity index (χ0n) is 14.4. The minimum atomic E-state index is -0.837. The number of hydrogen-bond acceptors (Lipinski definition) is 3. The molecule has 0 saturated heterocycles. The Balaban J connectivity index is 1.91. The number of halogens is 1. The van der Waals surface area contributed by atoms with Crippen LogP contribution in [0.4, 0.5) is 4.39 Å². The van der Waals surface area contributed by atoms with Gasteiger partial charge in [0.15, 0.2) is 0 Å². The van der Waals surface area contributed by atoms with Gasteiger partial charge >= 0.3 is 5.97 Å². The smallest absolute Gasteiger partial charge is 0.317 e. The van der Waals surface area contributed by atoms with Gasteiger partial charge in [-0.3, -0.25) is 14.5 Å². The van der Waals surface area contributed by atoms with E-state index < -0.39 is 11.4 Å². The lowest BCUT2D eigenvalue weighted by atomic mass is 9.81. The summed E-state index contributed by atoms with van der Waals surface area (Å²) in [5.74, 6) is -1.33. The lowest BCUT2D eigenvalue weighted by Crippen LogP contribution is -2.57. The number of carboxylic acid groups (broad SMARTS) is 1. The quantitative estimate of drug-likeness (QED) is 0.800. The molecule has 0 aliphatic heterocycles. The highest BCUT2D eigenvalue weighted by Gasteiger charge is 2.38. The predicted molar refractivity (Wildman–Crippen MR) is 89.3 cm³/mol. The molecule has 0 atom stereocenters. The Bertz CT molecular complexity index is 612. The van der Waals surface area contributed by atoms with Gasteiger partial charge < -0.3 is 10.4 Å². The Morgan fingerprint density at radius 3 is 2.58 bits per heavy atom. The van der Waals surface area contributed by atoms with E-state index in [-0.39, 0.29) is 30.4 Å². The van der Waals surface area contributed by atoms with Crippen LogP contribution in [0.1, 0.15) is 39.2 Å². The van der Waals surface area contributed by atoms with E-state index in [0.717, 1.165) is 12.8 Å². The molecule has 1 amide bonds. The predicted octanol–water partition coefficient (Wildman–Crippen LogP) is 2.16. The van der Waals surface area contributed by atoms with Crippen LogP contribution in [-0.2, 0) is 15.0 Å². The highest BCUT2D eigenvalue weighted by atomic mass is 19.1. The van der Waals surface area contributed by atoms with Crippen LogP contribution in [0.5, 0.6) is 0 Å². The summed E-state index contributed by atoms with van der Waals surface area (Å²) in [6, 6.07) is 6.32. The number of benzene rings is 1. The number of nitrogens with one attached hydrogen (secondary N) is 1. The number of rotatable bonds is 7. The number of aliphatic carboxylic acids is 1. The van der Waals surface area contributed by atoms with E-state index in [9.17, 15) is 14.0 Å². The lowest BCUT2D eigenvalue weighted by Gasteiger charge is -2.43. The van der Waals surface area contributed by atoms with Gasteiger partial charge in [0.1, 0.15) is 5.82 Å². The van der Waals surface area contributed by atoms with Crippen LogP contribution < -0.4 is 5.32 Å². The topological polar surface area (TPSA) is 69.6 Å². The monoisotopic (exact) mass is 336 g/mol. The van der Waals surface area contributed by atoms with E-state index in [2.05, 4.69) is 5.32 Å². The average molecular weight is 336 g/mol. The fourth-order valence-electron chi connectivity index (χ4n) is 3.05. The van der Waals surface area contributed by atoms with Gasteiger partial charge in [0.2, 0.25) is 5.91 Å². The van der Waals surface area contributed by atoms with Crippen LogP contribution in [0.15, 0.2) is 24.3 Å². The molecule has 24 heavy (non-hydrogen) atoms. The van der Waals surface area contributed by atoms with Crippen molar-refractivity contribution in [1.82, 2.24) is 10.2 Å². The van der Waals surface area contributed by atoms with Gasteiger partial charge in [-0.2, -0.15) is 0 Å². The number of carbonyl (C=O) groups is 2. The number of hydrogen-bond donors (Lipinski definition) is 2. The zero-order valence-corrected chi connectivity index (χ0v) is 14.4. The SMILES string of the molecule is CCN(CC(=O)O)C1CC(NC(=O)C(C)(C)c2cccc(F)c2)C1. The zero-order chi connectivity index (χ0) is 17.9. The largest absolute Gasteiger partial charge is 0.480 e. The van der Waals surface area contributed by atoms with Gasteiger partial charge in [-0.25, -0.2) is 4.39 Å². The molecule has 6 heteroatoms. The Morgan fingerprint density at radius 1 is 1.38 bits per heavy atom. The molecule has 1 aliphatic carbocycles. The molecule has 0 heterocycles. The second-order valence-corrected chi connectivity index (χ2v) is 6.89. The van der Waals surface area contributed by atoms with Crippen LogP contribution >= 0.6 is 0 Å². The third-order valence-electron chi connectivity index (χ3n) is 4.82. The molecular formula is C18H25FN2O3. The molecule has 0 radical (unpaired) electrons. The first-order valence-corrected chi connectivity index (χ1v) is 8.27. The fourth-order valence-corrected chi connectivity index (χ4v) is 3.05. The molecule has 0 bridgehead atoms. The van der Waals surface area contributed by atoms with E-state index >= 15 is 0 Å². The highest BCUT2D eigenvalue weighted by molar-refractivity contribution is 5.87. The summed E-state index contributed by atoms with van der Waals surface area (Å²) in [5.41, 5.74) is -0.185. The highest BCUT2D eigenvalue weighted by Crippen LogP contribution is 2.29. The molecule has 0 spiro atoms. The molecule has 0 aromatic heterocycles. The minimum Gasteiger partial charge on any atom is -0.480 e. The van der Waals surface area contributed by atoms with Crippen molar-refractivity contribution in [1.29, 1.82) is 0 Å². The van der Waals surface area contributed by atoms with Crippen molar-refractivity contribution in [3.8, 4) is 0 Å². The third-order valence-corrected chi connectivity index (χ3v) is 4.82. The van der Waals surface area contributed by atoms with E-state index in [1.54, 1.807) is 26.0 Å². The maximum Gasteiger partial charge on any atom is 0.317 e. The molecule has 1 fully saturated rings. The Labute approximate surface area is 141 Å². The van der Waals surface area contributed by atoms with Crippen molar-refractivity contribution in [3.63, 3.8) is 0 Å². The van der Waals surface area contributed by atoms with Gasteiger partial charge in [0, 0.05) is 12.1 Å². The Hall–Kier alpha value is -1.95. The molecule has 2 N–H and O–H groups in total. The van der Waals surface area contributed by atoms with E-state index in [1.165, 1.54) is 12.1 Å². The Morgan fingerprint density at radius 2 is 2.04 bits per heavy atom. The molecule has 132 valence electrons. The summed E-state index contributed by atoms with van der Waals surface area (Å²) < 4.78 is 13.4. The van der Waals surface area contributed by atoms with Gasteiger partial charge in [-0.15, -0.1) is 0 Å². The average Bonchev–Trinajstić information content (AvgIpc) is 2.48. The minimum absolute atomic E-state index is 0.0244. The number of likely N-dealkylation sites (N-methyl/N-ethyl adjacent to an activating group) is 1. The van der Waals surface area contributed by atoms with Crippen LogP contribution in [-0.4, -0.2) is 47.1 Å².